The molecule has 0 radical (unpaired) electrons. The summed E-state index contributed by atoms with van der Waals surface area (Å²) in [5.41, 5.74) is 1.59. The van der Waals surface area contributed by atoms with Gasteiger partial charge in [0.1, 0.15) is 12.1 Å². The van der Waals surface area contributed by atoms with E-state index in [0.717, 1.165) is 50.9 Å². The zero-order chi connectivity index (χ0) is 34.2. The van der Waals surface area contributed by atoms with Gasteiger partial charge in [-0.15, -0.1) is 5.92 Å². The highest BCUT2D eigenvalue weighted by atomic mass is 35.5. The van der Waals surface area contributed by atoms with Gasteiger partial charge in [-0.3, -0.25) is 14.4 Å². The van der Waals surface area contributed by atoms with Gasteiger partial charge in [-0.25, -0.2) is 0 Å². The number of amides is 3. The maximum Gasteiger partial charge on any atom is 0.251 e. The lowest BCUT2D eigenvalue weighted by Gasteiger charge is -2.36. The molecule has 0 spiro atoms. The second-order valence-electron chi connectivity index (χ2n) is 13.5. The van der Waals surface area contributed by atoms with Crippen LogP contribution in [-0.2, 0) is 16.1 Å². The van der Waals surface area contributed by atoms with Crippen molar-refractivity contribution in [1.82, 2.24) is 26.2 Å². The van der Waals surface area contributed by atoms with Crippen LogP contribution in [0.2, 0.25) is 0 Å². The van der Waals surface area contributed by atoms with Crippen LogP contribution >= 0.6 is 11.6 Å². The zero-order valence-electron chi connectivity index (χ0n) is 29.0. The first kappa shape index (κ1) is 38.3. The molecule has 0 aromatic heterocycles. The quantitative estimate of drug-likeness (QED) is 0.106. The maximum atomic E-state index is 13.6. The van der Waals surface area contributed by atoms with Gasteiger partial charge in [-0.2, -0.15) is 0 Å². The predicted molar refractivity (Wildman–Crippen MR) is 192 cm³/mol. The molecule has 1 aliphatic carbocycles. The molecule has 1 aromatic carbocycles. The summed E-state index contributed by atoms with van der Waals surface area (Å²) < 4.78 is 0. The van der Waals surface area contributed by atoms with E-state index < -0.39 is 12.1 Å². The fourth-order valence-corrected chi connectivity index (χ4v) is 6.74. The smallest absolute Gasteiger partial charge is 0.251 e. The lowest BCUT2D eigenvalue weighted by Crippen LogP contribution is -2.56. The second-order valence-corrected chi connectivity index (χ2v) is 13.9. The number of likely N-dealkylation sites (tertiary alicyclic amines) is 1. The molecule has 5 atom stereocenters. The van der Waals surface area contributed by atoms with E-state index in [1.54, 1.807) is 38.1 Å². The zero-order valence-corrected chi connectivity index (χ0v) is 29.8. The largest absolute Gasteiger partial charge is 0.351 e. The van der Waals surface area contributed by atoms with Crippen molar-refractivity contribution in [1.29, 1.82) is 0 Å². The SMILES string of the molecule is CC#C/C=C\C(Cl)=C/C(C)C1CCCC[C@H]1NC(=O)[C@H](CC(C)C)NC(=O)C(C)NC(=O)c1ccc(CNCCN2CCCC2)cc1. The van der Waals surface area contributed by atoms with Crippen molar-refractivity contribution in [2.45, 2.75) is 104 Å². The lowest BCUT2D eigenvalue weighted by molar-refractivity contribution is -0.130. The van der Waals surface area contributed by atoms with Crippen LogP contribution in [0.5, 0.6) is 0 Å². The minimum absolute atomic E-state index is 0.0154. The first-order valence-electron chi connectivity index (χ1n) is 17.5. The minimum Gasteiger partial charge on any atom is -0.351 e. The van der Waals surface area contributed by atoms with Crippen molar-refractivity contribution < 1.29 is 14.4 Å². The van der Waals surface area contributed by atoms with Crippen LogP contribution in [0.15, 0.2) is 47.5 Å². The van der Waals surface area contributed by atoms with Crippen molar-refractivity contribution in [3.05, 3.63) is 58.7 Å². The fraction of sp³-hybridized carbons (Fsp3) is 0.605. The van der Waals surface area contributed by atoms with Crippen molar-refractivity contribution in [3.63, 3.8) is 0 Å². The maximum absolute atomic E-state index is 13.6. The summed E-state index contributed by atoms with van der Waals surface area (Å²) in [5, 5.41) is 13.1. The second kappa shape index (κ2) is 20.3. The third-order valence-corrected chi connectivity index (χ3v) is 9.40. The Morgan fingerprint density at radius 1 is 0.979 bits per heavy atom. The molecule has 2 fully saturated rings. The molecule has 258 valence electrons. The van der Waals surface area contributed by atoms with Gasteiger partial charge in [0.05, 0.1) is 0 Å². The van der Waals surface area contributed by atoms with Crippen molar-refractivity contribution in [2.75, 3.05) is 26.2 Å². The molecule has 3 amide bonds. The first-order valence-corrected chi connectivity index (χ1v) is 17.8. The predicted octanol–water partition coefficient (Wildman–Crippen LogP) is 5.53. The monoisotopic (exact) mass is 665 g/mol. The standard InChI is InChI=1S/C38H56ClN5O3/c1-6-7-8-13-32(39)25-28(4)33-14-9-10-15-34(33)42-38(47)35(24-27(2)3)43-36(45)29(5)41-37(46)31-18-16-30(17-19-31)26-40-20-23-44-21-11-12-22-44/h8,13,16-19,25,27-29,33-35,40H,9-12,14-15,20-24,26H2,1-5H3,(H,41,46)(H,42,47)(H,43,45)/b13-8-,32-25+/t28?,29?,33?,34-,35+/m1/s1. The average molecular weight is 666 g/mol. The summed E-state index contributed by atoms with van der Waals surface area (Å²) in [6.07, 6.45) is 12.7. The van der Waals surface area contributed by atoms with E-state index in [0.29, 0.717) is 17.0 Å². The highest BCUT2D eigenvalue weighted by molar-refractivity contribution is 6.31. The lowest BCUT2D eigenvalue weighted by atomic mass is 9.76. The number of nitrogens with one attached hydrogen (secondary N) is 4. The van der Waals surface area contributed by atoms with Gasteiger partial charge >= 0.3 is 0 Å². The Morgan fingerprint density at radius 3 is 2.36 bits per heavy atom. The molecule has 1 saturated carbocycles. The first-order chi connectivity index (χ1) is 22.6. The highest BCUT2D eigenvalue weighted by Crippen LogP contribution is 2.32. The Bertz CT molecular complexity index is 1280. The van der Waals surface area contributed by atoms with Gasteiger partial charge in [-0.1, -0.05) is 69.3 Å². The van der Waals surface area contributed by atoms with Crippen LogP contribution in [0.3, 0.4) is 0 Å². The molecule has 1 aliphatic heterocycles. The molecule has 1 aromatic rings. The topological polar surface area (TPSA) is 103 Å². The average Bonchev–Trinajstić information content (AvgIpc) is 3.57. The van der Waals surface area contributed by atoms with Crippen LogP contribution in [0.25, 0.3) is 0 Å². The van der Waals surface area contributed by atoms with Gasteiger partial charge in [0.25, 0.3) is 5.91 Å². The van der Waals surface area contributed by atoms with Crippen LogP contribution in [0, 0.1) is 29.6 Å². The number of carbonyl (C=O) groups is 3. The molecular formula is C38H56ClN5O3. The van der Waals surface area contributed by atoms with Crippen molar-refractivity contribution in [2.24, 2.45) is 17.8 Å². The Balaban J connectivity index is 1.53. The molecule has 3 rings (SSSR count). The number of carbonyl (C=O) groups excluding carboxylic acids is 3. The van der Waals surface area contributed by atoms with Crippen molar-refractivity contribution >= 4 is 29.3 Å². The van der Waals surface area contributed by atoms with E-state index >= 15 is 0 Å². The molecule has 47 heavy (non-hydrogen) atoms. The van der Waals surface area contributed by atoms with E-state index in [4.69, 9.17) is 11.6 Å². The van der Waals surface area contributed by atoms with Crippen LogP contribution < -0.4 is 21.3 Å². The number of allylic oxidation sites excluding steroid dienone is 4. The summed E-state index contributed by atoms with van der Waals surface area (Å²) in [6.45, 7) is 14.7. The summed E-state index contributed by atoms with van der Waals surface area (Å²) >= 11 is 6.44. The Morgan fingerprint density at radius 2 is 1.68 bits per heavy atom. The number of benzene rings is 1. The number of rotatable bonds is 16. The van der Waals surface area contributed by atoms with E-state index in [-0.39, 0.29) is 41.5 Å². The molecule has 0 bridgehead atoms. The Kier molecular flexibility index (Phi) is 16.5. The van der Waals surface area contributed by atoms with Gasteiger partial charge < -0.3 is 26.2 Å². The summed E-state index contributed by atoms with van der Waals surface area (Å²) in [7, 11) is 0. The van der Waals surface area contributed by atoms with E-state index in [9.17, 15) is 14.4 Å². The number of hydrogen-bond acceptors (Lipinski definition) is 5. The normalized spacial score (nSPS) is 20.7. The van der Waals surface area contributed by atoms with Gasteiger partial charge in [-0.05, 0) is 107 Å². The van der Waals surface area contributed by atoms with Crippen LogP contribution in [-0.4, -0.2) is 66.9 Å². The number of nitrogens with zero attached hydrogens (tertiary/aromatic N) is 1. The minimum atomic E-state index is -0.808. The molecule has 1 saturated heterocycles. The molecule has 8 nitrogen and oxygen atoms in total. The molecular weight excluding hydrogens is 610 g/mol. The molecule has 9 heteroatoms. The van der Waals surface area contributed by atoms with E-state index in [2.05, 4.69) is 44.9 Å². The van der Waals surface area contributed by atoms with E-state index in [1.807, 2.05) is 32.1 Å². The van der Waals surface area contributed by atoms with E-state index in [1.165, 1.54) is 25.9 Å². The van der Waals surface area contributed by atoms with Crippen LogP contribution in [0.1, 0.15) is 95.5 Å². The van der Waals surface area contributed by atoms with Crippen LogP contribution in [0.4, 0.5) is 0 Å². The number of hydrogen-bond donors (Lipinski definition) is 4. The third kappa shape index (κ3) is 13.5. The third-order valence-electron chi connectivity index (χ3n) is 9.14. The molecule has 3 unspecified atom stereocenters. The number of halogens is 1. The Hall–Kier alpha value is -3.12. The van der Waals surface area contributed by atoms with Gasteiger partial charge in [0.15, 0.2) is 0 Å². The molecule has 2 aliphatic rings. The molecule has 4 N–H and O–H groups in total. The summed E-state index contributed by atoms with van der Waals surface area (Å²) in [5.74, 6) is 5.38. The fourth-order valence-electron chi connectivity index (χ4n) is 6.48. The van der Waals surface area contributed by atoms with Crippen molar-refractivity contribution in [3.8, 4) is 11.8 Å². The molecule has 1 heterocycles. The highest BCUT2D eigenvalue weighted by Gasteiger charge is 2.33. The van der Waals surface area contributed by atoms with Gasteiger partial charge in [0.2, 0.25) is 11.8 Å². The summed E-state index contributed by atoms with van der Waals surface area (Å²) in [6, 6.07) is 5.92. The Labute approximate surface area is 287 Å². The summed E-state index contributed by atoms with van der Waals surface area (Å²) in [4.78, 5) is 42.3. The van der Waals surface area contributed by atoms with Gasteiger partial charge in [0, 0.05) is 36.3 Å².